The van der Waals surface area contributed by atoms with Crippen LogP contribution in [0, 0.1) is 6.92 Å². The Morgan fingerprint density at radius 3 is 2.90 bits per heavy atom. The van der Waals surface area contributed by atoms with Crippen molar-refractivity contribution in [3.8, 4) is 5.75 Å². The third-order valence-electron chi connectivity index (χ3n) is 4.62. The molecule has 1 aliphatic rings. The van der Waals surface area contributed by atoms with E-state index < -0.39 is 0 Å². The first kappa shape index (κ1) is 14.5. The third kappa shape index (κ3) is 2.24. The molecule has 0 aliphatic heterocycles. The van der Waals surface area contributed by atoms with Gasteiger partial charge in [-0.05, 0) is 55.7 Å². The number of hydrogen-bond donors (Lipinski definition) is 0. The lowest BCUT2D eigenvalue weighted by Gasteiger charge is -2.28. The van der Waals surface area contributed by atoms with E-state index in [0.717, 1.165) is 24.4 Å². The highest BCUT2D eigenvalue weighted by atomic mass is 16.5. The zero-order valence-electron chi connectivity index (χ0n) is 13.4. The summed E-state index contributed by atoms with van der Waals surface area (Å²) in [7, 11) is 1.74. The zero-order chi connectivity index (χ0) is 15.0. The Bertz CT molecular complexity index is 654. The van der Waals surface area contributed by atoms with Crippen molar-refractivity contribution in [3.63, 3.8) is 0 Å². The van der Waals surface area contributed by atoms with Gasteiger partial charge in [0.2, 0.25) is 0 Å². The first-order valence-electron chi connectivity index (χ1n) is 7.86. The molecule has 0 N–H and O–H groups in total. The minimum absolute atomic E-state index is 0.553. The fourth-order valence-electron chi connectivity index (χ4n) is 3.70. The second-order valence-corrected chi connectivity index (χ2v) is 5.96. The lowest BCUT2D eigenvalue weighted by molar-refractivity contribution is 0.134. The van der Waals surface area contributed by atoms with E-state index in [-0.39, 0.29) is 0 Å². The molecule has 21 heavy (non-hydrogen) atoms. The lowest BCUT2D eigenvalue weighted by atomic mass is 9.79. The first-order chi connectivity index (χ1) is 10.2. The van der Waals surface area contributed by atoms with Gasteiger partial charge in [0.25, 0.3) is 0 Å². The van der Waals surface area contributed by atoms with Gasteiger partial charge in [0.1, 0.15) is 0 Å². The van der Waals surface area contributed by atoms with Crippen LogP contribution < -0.4 is 4.74 Å². The van der Waals surface area contributed by atoms with Crippen molar-refractivity contribution in [2.24, 2.45) is 0 Å². The quantitative estimate of drug-likeness (QED) is 0.815. The van der Waals surface area contributed by atoms with Crippen molar-refractivity contribution in [1.29, 1.82) is 0 Å². The lowest BCUT2D eigenvalue weighted by Crippen LogP contribution is -2.13. The minimum atomic E-state index is 0.553. The number of hydrogen-bond acceptors (Lipinski definition) is 3. The Morgan fingerprint density at radius 2 is 2.19 bits per heavy atom. The van der Waals surface area contributed by atoms with E-state index in [4.69, 9.17) is 13.9 Å². The topological polar surface area (TPSA) is 31.6 Å². The van der Waals surface area contributed by atoms with E-state index in [1.165, 1.54) is 40.5 Å². The summed E-state index contributed by atoms with van der Waals surface area (Å²) in [5.41, 5.74) is 6.12. The van der Waals surface area contributed by atoms with Crippen molar-refractivity contribution >= 4 is 11.0 Å². The standard InChI is InChI=1S/C18H24O3/c1-5-20-10-14-15-11(2)7-6-8-13(15)17(19-4)18-16(14)12(3)9-21-18/h9,11H,5-8,10H2,1-4H3/t11-/m0/s1. The van der Waals surface area contributed by atoms with E-state index in [2.05, 4.69) is 13.8 Å². The van der Waals surface area contributed by atoms with Gasteiger partial charge in [-0.25, -0.2) is 0 Å². The van der Waals surface area contributed by atoms with Crippen LogP contribution in [0.1, 0.15) is 54.9 Å². The Morgan fingerprint density at radius 1 is 1.38 bits per heavy atom. The maximum Gasteiger partial charge on any atom is 0.176 e. The molecule has 0 radical (unpaired) electrons. The molecule has 114 valence electrons. The Hall–Kier alpha value is -1.48. The summed E-state index contributed by atoms with van der Waals surface area (Å²) in [5.74, 6) is 1.48. The van der Waals surface area contributed by atoms with Gasteiger partial charge in [0.15, 0.2) is 11.3 Å². The fraction of sp³-hybridized carbons (Fsp3) is 0.556. The number of furan rings is 1. The molecular formula is C18H24O3. The molecule has 0 bridgehead atoms. The number of fused-ring (bicyclic) bond motifs is 2. The van der Waals surface area contributed by atoms with Crippen molar-refractivity contribution < 1.29 is 13.9 Å². The zero-order valence-corrected chi connectivity index (χ0v) is 13.4. The van der Waals surface area contributed by atoms with Crippen LogP contribution >= 0.6 is 0 Å². The van der Waals surface area contributed by atoms with Crippen LogP contribution in [0.25, 0.3) is 11.0 Å². The summed E-state index contributed by atoms with van der Waals surface area (Å²) >= 11 is 0. The molecule has 0 saturated heterocycles. The van der Waals surface area contributed by atoms with Crippen LogP contribution in [0.3, 0.4) is 0 Å². The molecule has 2 aromatic rings. The second kappa shape index (κ2) is 5.72. The van der Waals surface area contributed by atoms with Gasteiger partial charge in [-0.3, -0.25) is 0 Å². The molecule has 3 rings (SSSR count). The number of ether oxygens (including phenoxy) is 2. The van der Waals surface area contributed by atoms with E-state index in [1.807, 2.05) is 13.2 Å². The molecule has 1 aromatic heterocycles. The van der Waals surface area contributed by atoms with Gasteiger partial charge < -0.3 is 13.9 Å². The van der Waals surface area contributed by atoms with E-state index in [1.54, 1.807) is 7.11 Å². The highest BCUT2D eigenvalue weighted by Gasteiger charge is 2.28. The maximum absolute atomic E-state index is 5.81. The summed E-state index contributed by atoms with van der Waals surface area (Å²) in [4.78, 5) is 0. The van der Waals surface area contributed by atoms with E-state index in [0.29, 0.717) is 12.5 Å². The predicted octanol–water partition coefficient (Wildman–Crippen LogP) is 4.73. The molecule has 0 unspecified atom stereocenters. The van der Waals surface area contributed by atoms with Gasteiger partial charge in [-0.2, -0.15) is 0 Å². The molecule has 1 aliphatic carbocycles. The molecule has 1 atom stereocenters. The van der Waals surface area contributed by atoms with Crippen LogP contribution in [0.15, 0.2) is 10.7 Å². The first-order valence-corrected chi connectivity index (χ1v) is 7.86. The number of aryl methyl sites for hydroxylation is 1. The minimum Gasteiger partial charge on any atom is -0.493 e. The molecule has 3 heteroatoms. The highest BCUT2D eigenvalue weighted by Crippen LogP contribution is 2.45. The summed E-state index contributed by atoms with van der Waals surface area (Å²) in [6.07, 6.45) is 5.35. The van der Waals surface area contributed by atoms with Gasteiger partial charge in [-0.1, -0.05) is 6.92 Å². The van der Waals surface area contributed by atoms with Gasteiger partial charge >= 0.3 is 0 Å². The highest BCUT2D eigenvalue weighted by molar-refractivity contribution is 5.92. The molecule has 0 saturated carbocycles. The molecule has 0 spiro atoms. The Balaban J connectivity index is 2.34. The summed E-state index contributed by atoms with van der Waals surface area (Å²) < 4.78 is 17.3. The molecule has 3 nitrogen and oxygen atoms in total. The summed E-state index contributed by atoms with van der Waals surface area (Å²) in [6.45, 7) is 7.84. The second-order valence-electron chi connectivity index (χ2n) is 5.96. The normalized spacial score (nSPS) is 18.0. The van der Waals surface area contributed by atoms with Crippen molar-refractivity contribution in [1.82, 2.24) is 0 Å². The number of methoxy groups -OCH3 is 1. The molecule has 1 heterocycles. The average Bonchev–Trinajstić information content (AvgIpc) is 2.86. The molecule has 1 aromatic carbocycles. The Labute approximate surface area is 126 Å². The number of rotatable bonds is 4. The van der Waals surface area contributed by atoms with Crippen LogP contribution in [0.5, 0.6) is 5.75 Å². The molecule has 0 fully saturated rings. The van der Waals surface area contributed by atoms with E-state index >= 15 is 0 Å². The fourth-order valence-corrected chi connectivity index (χ4v) is 3.70. The van der Waals surface area contributed by atoms with Crippen molar-refractivity contribution in [2.45, 2.75) is 52.6 Å². The molecule has 0 amide bonds. The van der Waals surface area contributed by atoms with Gasteiger partial charge in [0, 0.05) is 17.6 Å². The number of benzene rings is 1. The smallest absolute Gasteiger partial charge is 0.176 e. The monoisotopic (exact) mass is 288 g/mol. The van der Waals surface area contributed by atoms with Crippen LogP contribution in [-0.4, -0.2) is 13.7 Å². The van der Waals surface area contributed by atoms with Crippen LogP contribution in [0.2, 0.25) is 0 Å². The Kier molecular flexibility index (Phi) is 3.94. The van der Waals surface area contributed by atoms with Crippen molar-refractivity contribution in [2.75, 3.05) is 13.7 Å². The third-order valence-corrected chi connectivity index (χ3v) is 4.62. The van der Waals surface area contributed by atoms with Gasteiger partial charge in [0.05, 0.1) is 20.0 Å². The maximum atomic E-state index is 5.81. The van der Waals surface area contributed by atoms with E-state index in [9.17, 15) is 0 Å². The predicted molar refractivity (Wildman–Crippen MR) is 84.2 cm³/mol. The average molecular weight is 288 g/mol. The van der Waals surface area contributed by atoms with Crippen molar-refractivity contribution in [3.05, 3.63) is 28.5 Å². The van der Waals surface area contributed by atoms with Crippen LogP contribution in [0.4, 0.5) is 0 Å². The van der Waals surface area contributed by atoms with Gasteiger partial charge in [-0.15, -0.1) is 0 Å². The molecular weight excluding hydrogens is 264 g/mol. The SMILES string of the molecule is CCOCc1c2c(c(OC)c3occ(C)c13)CCC[C@@H]2C. The summed E-state index contributed by atoms with van der Waals surface area (Å²) in [6, 6.07) is 0. The summed E-state index contributed by atoms with van der Waals surface area (Å²) in [5, 5.41) is 1.19. The van der Waals surface area contributed by atoms with Crippen LogP contribution in [-0.2, 0) is 17.8 Å². The largest absolute Gasteiger partial charge is 0.493 e.